The lowest BCUT2D eigenvalue weighted by molar-refractivity contribution is 0.102. The van der Waals surface area contributed by atoms with Crippen LogP contribution in [-0.2, 0) is 6.54 Å². The summed E-state index contributed by atoms with van der Waals surface area (Å²) in [5, 5.41) is 7.44. The van der Waals surface area contributed by atoms with Crippen LogP contribution in [0.3, 0.4) is 0 Å². The molecule has 0 spiro atoms. The number of aryl methyl sites for hydroxylation is 2. The Morgan fingerprint density at radius 1 is 1.08 bits per heavy atom. The highest BCUT2D eigenvalue weighted by molar-refractivity contribution is 6.04. The molecule has 0 aliphatic heterocycles. The molecule has 0 fully saturated rings. The quantitative estimate of drug-likeness (QED) is 0.774. The number of nitrogens with zero attached hydrogens (tertiary/aromatic N) is 2. The van der Waals surface area contributed by atoms with Crippen molar-refractivity contribution in [2.75, 3.05) is 5.32 Å². The summed E-state index contributed by atoms with van der Waals surface area (Å²) in [7, 11) is 0. The summed E-state index contributed by atoms with van der Waals surface area (Å²) < 4.78 is 14.9. The number of carbonyl (C=O) groups excluding carboxylic acids is 1. The van der Waals surface area contributed by atoms with E-state index in [1.165, 1.54) is 35.4 Å². The van der Waals surface area contributed by atoms with Crippen LogP contribution in [-0.4, -0.2) is 15.7 Å². The molecular formula is C20H20FN3O. The van der Waals surface area contributed by atoms with Gasteiger partial charge in [0.15, 0.2) is 0 Å². The highest BCUT2D eigenvalue weighted by atomic mass is 19.1. The van der Waals surface area contributed by atoms with Crippen molar-refractivity contribution in [3.05, 3.63) is 82.4 Å². The van der Waals surface area contributed by atoms with Gasteiger partial charge in [-0.1, -0.05) is 24.3 Å². The number of aromatic nitrogens is 2. The number of benzene rings is 2. The van der Waals surface area contributed by atoms with E-state index in [2.05, 4.69) is 29.5 Å². The van der Waals surface area contributed by atoms with Crippen molar-refractivity contribution in [2.24, 2.45) is 0 Å². The second-order valence-electron chi connectivity index (χ2n) is 6.09. The molecule has 5 heteroatoms. The highest BCUT2D eigenvalue weighted by Crippen LogP contribution is 2.22. The average Bonchev–Trinajstić information content (AvgIpc) is 2.85. The topological polar surface area (TPSA) is 46.9 Å². The lowest BCUT2D eigenvalue weighted by atomic mass is 10.1. The maximum absolute atomic E-state index is 13.0. The van der Waals surface area contributed by atoms with Gasteiger partial charge in [0.05, 0.1) is 23.6 Å². The summed E-state index contributed by atoms with van der Waals surface area (Å²) in [6, 6.07) is 13.6. The van der Waals surface area contributed by atoms with E-state index in [4.69, 9.17) is 0 Å². The number of anilines is 1. The van der Waals surface area contributed by atoms with Crippen molar-refractivity contribution in [3.8, 4) is 0 Å². The highest BCUT2D eigenvalue weighted by Gasteiger charge is 2.16. The minimum absolute atomic E-state index is 0.276. The number of hydrogen-bond acceptors (Lipinski definition) is 2. The Kier molecular flexibility index (Phi) is 4.65. The van der Waals surface area contributed by atoms with Crippen LogP contribution in [0.4, 0.5) is 10.1 Å². The van der Waals surface area contributed by atoms with Gasteiger partial charge in [0.1, 0.15) is 5.82 Å². The van der Waals surface area contributed by atoms with Crippen molar-refractivity contribution in [1.82, 2.24) is 9.78 Å². The summed E-state index contributed by atoms with van der Waals surface area (Å²) in [4.78, 5) is 12.4. The molecule has 0 bridgehead atoms. The third-order valence-corrected chi connectivity index (χ3v) is 4.31. The number of rotatable bonds is 4. The number of hydrogen-bond donors (Lipinski definition) is 1. The monoisotopic (exact) mass is 337 g/mol. The molecule has 0 aliphatic rings. The molecule has 0 radical (unpaired) electrons. The van der Waals surface area contributed by atoms with Crippen LogP contribution in [0.5, 0.6) is 0 Å². The summed E-state index contributed by atoms with van der Waals surface area (Å²) in [6.07, 6.45) is 0. The molecule has 0 aliphatic carbocycles. The van der Waals surface area contributed by atoms with E-state index in [0.717, 1.165) is 11.4 Å². The maximum Gasteiger partial charge on any atom is 0.255 e. The van der Waals surface area contributed by atoms with Gasteiger partial charge in [-0.3, -0.25) is 9.48 Å². The zero-order valence-electron chi connectivity index (χ0n) is 14.5. The molecule has 3 aromatic rings. The number of amides is 1. The Labute approximate surface area is 146 Å². The van der Waals surface area contributed by atoms with Crippen molar-refractivity contribution in [3.63, 3.8) is 0 Å². The normalized spacial score (nSPS) is 10.7. The molecule has 1 aromatic heterocycles. The Bertz CT molecular complexity index is 913. The van der Waals surface area contributed by atoms with Gasteiger partial charge < -0.3 is 5.32 Å². The van der Waals surface area contributed by atoms with Crippen LogP contribution >= 0.6 is 0 Å². The van der Waals surface area contributed by atoms with E-state index in [9.17, 15) is 9.18 Å². The second-order valence-corrected chi connectivity index (χ2v) is 6.09. The fourth-order valence-corrected chi connectivity index (χ4v) is 2.77. The number of halogens is 1. The van der Waals surface area contributed by atoms with Gasteiger partial charge in [-0.05, 0) is 56.2 Å². The maximum atomic E-state index is 13.0. The van der Waals surface area contributed by atoms with E-state index < -0.39 is 0 Å². The first-order valence-electron chi connectivity index (χ1n) is 8.11. The largest absolute Gasteiger partial charge is 0.319 e. The van der Waals surface area contributed by atoms with E-state index >= 15 is 0 Å². The Morgan fingerprint density at radius 3 is 2.44 bits per heavy atom. The van der Waals surface area contributed by atoms with Crippen LogP contribution < -0.4 is 5.32 Å². The van der Waals surface area contributed by atoms with Crippen molar-refractivity contribution >= 4 is 11.6 Å². The molecule has 0 saturated heterocycles. The lowest BCUT2D eigenvalue weighted by Gasteiger charge is -2.09. The zero-order chi connectivity index (χ0) is 18.0. The lowest BCUT2D eigenvalue weighted by Crippen LogP contribution is -2.13. The molecule has 0 unspecified atom stereocenters. The SMILES string of the molecule is Cc1ccccc1Cn1nc(C)c(NC(=O)c2ccc(F)cc2)c1C. The fraction of sp³-hybridized carbons (Fsp3) is 0.200. The van der Waals surface area contributed by atoms with E-state index in [1.54, 1.807) is 0 Å². The average molecular weight is 337 g/mol. The molecule has 4 nitrogen and oxygen atoms in total. The molecule has 0 atom stereocenters. The van der Waals surface area contributed by atoms with Crippen molar-refractivity contribution < 1.29 is 9.18 Å². The summed E-state index contributed by atoms with van der Waals surface area (Å²) in [5.41, 5.74) is 5.13. The fourth-order valence-electron chi connectivity index (χ4n) is 2.77. The number of carbonyl (C=O) groups is 1. The predicted octanol–water partition coefficient (Wildman–Crippen LogP) is 4.25. The van der Waals surface area contributed by atoms with Gasteiger partial charge in [0, 0.05) is 5.56 Å². The molecule has 1 N–H and O–H groups in total. The summed E-state index contributed by atoms with van der Waals surface area (Å²) >= 11 is 0. The Hall–Kier alpha value is -2.95. The van der Waals surface area contributed by atoms with E-state index in [0.29, 0.717) is 17.8 Å². The first-order valence-corrected chi connectivity index (χ1v) is 8.11. The van der Waals surface area contributed by atoms with Crippen molar-refractivity contribution in [2.45, 2.75) is 27.3 Å². The van der Waals surface area contributed by atoms with Gasteiger partial charge >= 0.3 is 0 Å². The molecule has 3 rings (SSSR count). The van der Waals surface area contributed by atoms with Crippen LogP contribution in [0, 0.1) is 26.6 Å². The molecular weight excluding hydrogens is 317 g/mol. The molecule has 1 amide bonds. The van der Waals surface area contributed by atoms with Crippen LogP contribution in [0.15, 0.2) is 48.5 Å². The van der Waals surface area contributed by atoms with Gasteiger partial charge in [0.2, 0.25) is 0 Å². The smallest absolute Gasteiger partial charge is 0.255 e. The van der Waals surface area contributed by atoms with Gasteiger partial charge in [-0.15, -0.1) is 0 Å². The molecule has 2 aromatic carbocycles. The minimum atomic E-state index is -0.366. The van der Waals surface area contributed by atoms with Crippen LogP contribution in [0.2, 0.25) is 0 Å². The second kappa shape index (κ2) is 6.89. The zero-order valence-corrected chi connectivity index (χ0v) is 14.5. The van der Waals surface area contributed by atoms with Gasteiger partial charge in [-0.2, -0.15) is 5.10 Å². The Morgan fingerprint density at radius 2 is 1.76 bits per heavy atom. The number of nitrogens with one attached hydrogen (secondary N) is 1. The first-order chi connectivity index (χ1) is 12.0. The summed E-state index contributed by atoms with van der Waals surface area (Å²) in [6.45, 7) is 6.50. The van der Waals surface area contributed by atoms with E-state index in [1.807, 2.05) is 30.7 Å². The molecule has 128 valence electrons. The molecule has 1 heterocycles. The molecule has 0 saturated carbocycles. The standard InChI is InChI=1S/C20H20FN3O/c1-13-6-4-5-7-17(13)12-24-15(3)19(14(2)23-24)22-20(25)16-8-10-18(21)11-9-16/h4-11H,12H2,1-3H3,(H,22,25). The Balaban J connectivity index is 1.83. The van der Waals surface area contributed by atoms with Crippen LogP contribution in [0.25, 0.3) is 0 Å². The predicted molar refractivity (Wildman–Crippen MR) is 96.3 cm³/mol. The van der Waals surface area contributed by atoms with Gasteiger partial charge in [-0.25, -0.2) is 4.39 Å². The third-order valence-electron chi connectivity index (χ3n) is 4.31. The minimum Gasteiger partial charge on any atom is -0.319 e. The first kappa shape index (κ1) is 16.9. The summed E-state index contributed by atoms with van der Waals surface area (Å²) in [5.74, 6) is -0.642. The van der Waals surface area contributed by atoms with E-state index in [-0.39, 0.29) is 11.7 Å². The van der Waals surface area contributed by atoms with Gasteiger partial charge in [0.25, 0.3) is 5.91 Å². The van der Waals surface area contributed by atoms with Crippen LogP contribution in [0.1, 0.15) is 32.9 Å². The van der Waals surface area contributed by atoms with Crippen molar-refractivity contribution in [1.29, 1.82) is 0 Å². The third kappa shape index (κ3) is 3.60. The molecule has 25 heavy (non-hydrogen) atoms.